The highest BCUT2D eigenvalue weighted by molar-refractivity contribution is 7.89. The highest BCUT2D eigenvalue weighted by Crippen LogP contribution is 2.27. The lowest BCUT2D eigenvalue weighted by Gasteiger charge is -2.26. The van der Waals surface area contributed by atoms with Crippen LogP contribution in [-0.4, -0.2) is 44.2 Å². The van der Waals surface area contributed by atoms with Gasteiger partial charge in [-0.1, -0.05) is 0 Å². The van der Waals surface area contributed by atoms with Gasteiger partial charge in [-0.15, -0.1) is 0 Å². The summed E-state index contributed by atoms with van der Waals surface area (Å²) in [7, 11) is -2.50. The van der Waals surface area contributed by atoms with E-state index in [1.54, 1.807) is 18.2 Å². The number of esters is 1. The smallest absolute Gasteiger partial charge is 0.337 e. The van der Waals surface area contributed by atoms with Crippen molar-refractivity contribution < 1.29 is 27.1 Å². The molecule has 0 saturated heterocycles. The van der Waals surface area contributed by atoms with E-state index in [1.165, 1.54) is 19.2 Å². The topological polar surface area (TPSA) is 99.5 Å². The third-order valence-electron chi connectivity index (χ3n) is 4.72. The van der Waals surface area contributed by atoms with Crippen molar-refractivity contribution in [2.75, 3.05) is 20.3 Å². The molecular formula is C19H18FN3O5S. The van der Waals surface area contributed by atoms with Gasteiger partial charge < -0.3 is 14.0 Å². The predicted octanol–water partition coefficient (Wildman–Crippen LogP) is 2.01. The molecule has 0 bridgehead atoms. The Bertz CT molecular complexity index is 1170. The Morgan fingerprint density at radius 1 is 1.31 bits per heavy atom. The minimum Gasteiger partial charge on any atom is -0.465 e. The van der Waals surface area contributed by atoms with Gasteiger partial charge in [0.05, 0.1) is 41.3 Å². The molecular weight excluding hydrogens is 401 g/mol. The minimum absolute atomic E-state index is 0.0194. The Labute approximate surface area is 166 Å². The second-order valence-corrected chi connectivity index (χ2v) is 8.33. The molecule has 0 amide bonds. The lowest BCUT2D eigenvalue weighted by atomic mass is 10.2. The number of hydrogen-bond acceptors (Lipinski definition) is 6. The molecule has 29 heavy (non-hydrogen) atoms. The van der Waals surface area contributed by atoms with Gasteiger partial charge in [-0.2, -0.15) is 0 Å². The number of fused-ring (bicyclic) bond motifs is 3. The van der Waals surface area contributed by atoms with Crippen LogP contribution in [0.15, 0.2) is 47.4 Å². The number of methoxy groups -OCH3 is 1. The summed E-state index contributed by atoms with van der Waals surface area (Å²) in [5.74, 6) is -0.331. The number of hydrogen-bond donors (Lipinski definition) is 1. The SMILES string of the molecule is COC(=O)c1ccc2c(c1)nc1n2[C@@H](CNS(=O)(=O)c2ccc(F)cc2)COC1. The summed E-state index contributed by atoms with van der Waals surface area (Å²) in [5, 5.41) is 0. The number of carbonyl (C=O) groups is 1. The Balaban J connectivity index is 1.61. The maximum Gasteiger partial charge on any atom is 0.337 e. The standard InChI is InChI=1S/C19H18FN3O5S/c1-27-19(24)12-2-7-17-16(8-12)22-18-11-28-10-14(23(17)18)9-21-29(25,26)15-5-3-13(20)4-6-15/h2-8,14,21H,9-11H2,1H3/t14-/m0/s1. The number of rotatable bonds is 5. The molecule has 0 saturated carbocycles. The number of imidazole rings is 1. The highest BCUT2D eigenvalue weighted by Gasteiger charge is 2.26. The van der Waals surface area contributed by atoms with Gasteiger partial charge in [0.2, 0.25) is 10.0 Å². The number of nitrogens with zero attached hydrogens (tertiary/aromatic N) is 2. The fourth-order valence-electron chi connectivity index (χ4n) is 3.32. The first-order valence-electron chi connectivity index (χ1n) is 8.81. The van der Waals surface area contributed by atoms with Crippen molar-refractivity contribution in [1.29, 1.82) is 0 Å². The molecule has 0 unspecified atom stereocenters. The van der Waals surface area contributed by atoms with E-state index < -0.39 is 21.8 Å². The van der Waals surface area contributed by atoms with E-state index in [4.69, 9.17) is 9.47 Å². The number of aromatic nitrogens is 2. The number of sulfonamides is 1. The zero-order valence-electron chi connectivity index (χ0n) is 15.5. The van der Waals surface area contributed by atoms with E-state index in [2.05, 4.69) is 9.71 Å². The van der Waals surface area contributed by atoms with Crippen molar-refractivity contribution in [3.63, 3.8) is 0 Å². The number of benzene rings is 2. The summed E-state index contributed by atoms with van der Waals surface area (Å²) in [6, 6.07) is 9.30. The van der Waals surface area contributed by atoms with Gasteiger partial charge in [-0.25, -0.2) is 27.3 Å². The fraction of sp³-hybridized carbons (Fsp3) is 0.263. The molecule has 3 aromatic rings. The molecule has 1 aromatic heterocycles. The van der Waals surface area contributed by atoms with Gasteiger partial charge in [0.15, 0.2) is 0 Å². The average Bonchev–Trinajstić information content (AvgIpc) is 3.10. The van der Waals surface area contributed by atoms with Gasteiger partial charge in [-0.3, -0.25) is 0 Å². The van der Waals surface area contributed by atoms with Crippen LogP contribution in [-0.2, 0) is 26.1 Å². The van der Waals surface area contributed by atoms with Crippen LogP contribution in [0.2, 0.25) is 0 Å². The van der Waals surface area contributed by atoms with Crippen molar-refractivity contribution in [2.45, 2.75) is 17.5 Å². The molecule has 4 rings (SSSR count). The van der Waals surface area contributed by atoms with E-state index in [0.29, 0.717) is 23.5 Å². The van der Waals surface area contributed by atoms with Crippen molar-refractivity contribution >= 4 is 27.0 Å². The van der Waals surface area contributed by atoms with E-state index in [-0.39, 0.29) is 24.1 Å². The normalized spacial score (nSPS) is 16.6. The number of ether oxygens (including phenoxy) is 2. The predicted molar refractivity (Wildman–Crippen MR) is 101 cm³/mol. The summed E-state index contributed by atoms with van der Waals surface area (Å²) in [6.07, 6.45) is 0. The summed E-state index contributed by atoms with van der Waals surface area (Å²) in [4.78, 5) is 16.2. The average molecular weight is 419 g/mol. The molecule has 1 aliphatic rings. The first-order chi connectivity index (χ1) is 13.9. The molecule has 0 aliphatic carbocycles. The third kappa shape index (κ3) is 3.74. The number of halogens is 1. The van der Waals surface area contributed by atoms with E-state index >= 15 is 0 Å². The summed E-state index contributed by atoms with van der Waals surface area (Å²) >= 11 is 0. The zero-order valence-corrected chi connectivity index (χ0v) is 16.3. The Morgan fingerprint density at radius 2 is 2.07 bits per heavy atom. The molecule has 1 atom stereocenters. The van der Waals surface area contributed by atoms with Crippen LogP contribution in [0.3, 0.4) is 0 Å². The largest absolute Gasteiger partial charge is 0.465 e. The minimum atomic E-state index is -3.80. The Kier molecular flexibility index (Phi) is 5.07. The summed E-state index contributed by atoms with van der Waals surface area (Å²) in [5.41, 5.74) is 1.74. The third-order valence-corrected chi connectivity index (χ3v) is 6.16. The van der Waals surface area contributed by atoms with Crippen molar-refractivity contribution in [3.05, 3.63) is 59.7 Å². The molecule has 8 nitrogen and oxygen atoms in total. The van der Waals surface area contributed by atoms with Gasteiger partial charge in [0.25, 0.3) is 0 Å². The van der Waals surface area contributed by atoms with Gasteiger partial charge >= 0.3 is 5.97 Å². The molecule has 1 N–H and O–H groups in total. The maximum atomic E-state index is 13.1. The lowest BCUT2D eigenvalue weighted by Crippen LogP contribution is -2.35. The first-order valence-corrected chi connectivity index (χ1v) is 10.3. The second-order valence-electron chi connectivity index (χ2n) is 6.57. The molecule has 0 spiro atoms. The lowest BCUT2D eigenvalue weighted by molar-refractivity contribution is 0.0580. The van der Waals surface area contributed by atoms with E-state index in [9.17, 15) is 17.6 Å². The Hall–Kier alpha value is -2.82. The van der Waals surface area contributed by atoms with Crippen LogP contribution in [0.4, 0.5) is 4.39 Å². The van der Waals surface area contributed by atoms with Crippen LogP contribution >= 0.6 is 0 Å². The molecule has 10 heteroatoms. The maximum absolute atomic E-state index is 13.1. The van der Waals surface area contributed by atoms with E-state index in [1.807, 2.05) is 4.57 Å². The molecule has 0 fully saturated rings. The first kappa shape index (κ1) is 19.5. The highest BCUT2D eigenvalue weighted by atomic mass is 32.2. The van der Waals surface area contributed by atoms with Crippen LogP contribution in [0.25, 0.3) is 11.0 Å². The van der Waals surface area contributed by atoms with Crippen molar-refractivity contribution in [3.8, 4) is 0 Å². The summed E-state index contributed by atoms with van der Waals surface area (Å²) < 4.78 is 52.8. The van der Waals surface area contributed by atoms with E-state index in [0.717, 1.165) is 17.6 Å². The van der Waals surface area contributed by atoms with Gasteiger partial charge in [0.1, 0.15) is 18.2 Å². The monoisotopic (exact) mass is 419 g/mol. The van der Waals surface area contributed by atoms with Crippen LogP contribution in [0, 0.1) is 5.82 Å². The van der Waals surface area contributed by atoms with Gasteiger partial charge in [-0.05, 0) is 42.5 Å². The van der Waals surface area contributed by atoms with Crippen LogP contribution in [0.1, 0.15) is 22.2 Å². The zero-order chi connectivity index (χ0) is 20.6. The molecule has 0 radical (unpaired) electrons. The Morgan fingerprint density at radius 3 is 2.79 bits per heavy atom. The second kappa shape index (κ2) is 7.54. The molecule has 1 aliphatic heterocycles. The fourth-order valence-corrected chi connectivity index (χ4v) is 4.39. The van der Waals surface area contributed by atoms with Crippen LogP contribution in [0.5, 0.6) is 0 Å². The van der Waals surface area contributed by atoms with Crippen molar-refractivity contribution in [2.24, 2.45) is 0 Å². The van der Waals surface area contributed by atoms with Gasteiger partial charge in [0, 0.05) is 6.54 Å². The van der Waals surface area contributed by atoms with Crippen LogP contribution < -0.4 is 4.72 Å². The number of carbonyl (C=O) groups excluding carboxylic acids is 1. The molecule has 2 aromatic carbocycles. The molecule has 152 valence electrons. The molecule has 2 heterocycles. The quantitative estimate of drug-likeness (QED) is 0.635. The summed E-state index contributed by atoms with van der Waals surface area (Å²) in [6.45, 7) is 0.642. The number of nitrogens with one attached hydrogen (secondary N) is 1. The van der Waals surface area contributed by atoms with Crippen molar-refractivity contribution in [1.82, 2.24) is 14.3 Å².